The van der Waals surface area contributed by atoms with Crippen molar-refractivity contribution in [1.29, 1.82) is 0 Å². The fraction of sp³-hybridized carbons (Fsp3) is 0.0833. The lowest BCUT2D eigenvalue weighted by Crippen LogP contribution is -2.08. The maximum Gasteiger partial charge on any atom is 0.278 e. The summed E-state index contributed by atoms with van der Waals surface area (Å²) in [5.74, 6) is 0. The molecule has 3 rings (SSSR count). The fourth-order valence-corrected chi connectivity index (χ4v) is 2.38. The molecule has 0 spiro atoms. The average molecular weight is 295 g/mol. The third-order valence-corrected chi connectivity index (χ3v) is 3.51. The number of hydrogen-bond acceptors (Lipinski definition) is 3. The lowest BCUT2D eigenvalue weighted by atomic mass is 10.2. The van der Waals surface area contributed by atoms with Crippen LogP contribution in [0.2, 0.25) is 10.0 Å². The molecule has 0 aliphatic carbocycles. The molecule has 0 saturated carbocycles. The van der Waals surface area contributed by atoms with Gasteiger partial charge in [-0.15, -0.1) is 0 Å². The molecule has 0 bridgehead atoms. The van der Waals surface area contributed by atoms with Crippen molar-refractivity contribution in [3.05, 3.63) is 56.8 Å². The first-order chi connectivity index (χ1) is 9.16. The fourth-order valence-electron chi connectivity index (χ4n) is 1.86. The summed E-state index contributed by atoms with van der Waals surface area (Å²) in [6.45, 7) is 0.408. The lowest BCUT2D eigenvalue weighted by molar-refractivity contribution is 0.813. The first kappa shape index (κ1) is 12.2. The summed E-state index contributed by atoms with van der Waals surface area (Å²) in [6.07, 6.45) is 2.89. The van der Waals surface area contributed by atoms with Crippen LogP contribution < -0.4 is 5.56 Å². The number of nitrogens with zero attached hydrogens (tertiary/aromatic N) is 3. The van der Waals surface area contributed by atoms with Crippen molar-refractivity contribution < 1.29 is 0 Å². The number of imidazole rings is 1. The number of fused-ring (bicyclic) bond motifs is 1. The smallest absolute Gasteiger partial charge is 0.278 e. The Labute approximate surface area is 117 Å². The molecule has 0 saturated heterocycles. The molecule has 96 valence electrons. The third kappa shape index (κ3) is 2.11. The number of hydrogen-bond donors (Lipinski definition) is 1. The molecule has 2 aromatic heterocycles. The van der Waals surface area contributed by atoms with E-state index in [9.17, 15) is 4.79 Å². The molecule has 0 aliphatic heterocycles. The summed E-state index contributed by atoms with van der Waals surface area (Å²) >= 11 is 12.2. The molecular weight excluding hydrogens is 287 g/mol. The first-order valence-corrected chi connectivity index (χ1v) is 6.24. The van der Waals surface area contributed by atoms with Crippen molar-refractivity contribution in [1.82, 2.24) is 19.5 Å². The number of nitrogens with one attached hydrogen (secondary N) is 1. The van der Waals surface area contributed by atoms with E-state index in [0.29, 0.717) is 27.8 Å². The van der Waals surface area contributed by atoms with E-state index in [0.717, 1.165) is 5.56 Å². The van der Waals surface area contributed by atoms with Crippen molar-refractivity contribution in [2.24, 2.45) is 0 Å². The SMILES string of the molecule is O=c1[nH]cnc2c1ncn2Cc1c(Cl)cccc1Cl. The summed E-state index contributed by atoms with van der Waals surface area (Å²) in [7, 11) is 0. The predicted molar refractivity (Wildman–Crippen MR) is 73.7 cm³/mol. The van der Waals surface area contributed by atoms with E-state index in [4.69, 9.17) is 23.2 Å². The van der Waals surface area contributed by atoms with Crippen LogP contribution >= 0.6 is 23.2 Å². The Bertz CT molecular complexity index is 789. The second-order valence-corrected chi connectivity index (χ2v) is 4.79. The van der Waals surface area contributed by atoms with Crippen molar-refractivity contribution >= 4 is 34.4 Å². The van der Waals surface area contributed by atoms with Gasteiger partial charge in [-0.2, -0.15) is 0 Å². The van der Waals surface area contributed by atoms with Gasteiger partial charge in [-0.25, -0.2) is 9.97 Å². The molecular formula is C12H8Cl2N4O. The van der Waals surface area contributed by atoms with Gasteiger partial charge in [-0.05, 0) is 12.1 Å². The van der Waals surface area contributed by atoms with Gasteiger partial charge in [0.05, 0.1) is 19.2 Å². The standard InChI is InChI=1S/C12H8Cl2N4O/c13-8-2-1-3-9(14)7(8)4-18-6-17-10-11(18)15-5-16-12(10)19/h1-3,5-6H,4H2,(H,15,16,19). The zero-order chi connectivity index (χ0) is 13.4. The quantitative estimate of drug-likeness (QED) is 0.790. The highest BCUT2D eigenvalue weighted by Crippen LogP contribution is 2.25. The maximum atomic E-state index is 11.6. The summed E-state index contributed by atoms with van der Waals surface area (Å²) in [5.41, 5.74) is 1.30. The van der Waals surface area contributed by atoms with Gasteiger partial charge in [-0.1, -0.05) is 29.3 Å². The first-order valence-electron chi connectivity index (χ1n) is 5.48. The molecule has 0 fully saturated rings. The Balaban J connectivity index is 2.12. The normalized spacial score (nSPS) is 11.1. The second-order valence-electron chi connectivity index (χ2n) is 3.98. The maximum absolute atomic E-state index is 11.6. The number of aromatic nitrogens is 4. The largest absolute Gasteiger partial charge is 0.311 e. The number of rotatable bonds is 2. The highest BCUT2D eigenvalue weighted by Gasteiger charge is 2.11. The second kappa shape index (κ2) is 4.68. The summed E-state index contributed by atoms with van der Waals surface area (Å²) in [5, 5.41) is 1.14. The van der Waals surface area contributed by atoms with Crippen molar-refractivity contribution in [3.63, 3.8) is 0 Å². The molecule has 1 N–H and O–H groups in total. The Hall–Kier alpha value is -1.85. The number of benzene rings is 1. The number of H-pyrrole nitrogens is 1. The monoisotopic (exact) mass is 294 g/mol. The zero-order valence-corrected chi connectivity index (χ0v) is 11.1. The molecule has 0 amide bonds. The molecule has 1 aromatic carbocycles. The average Bonchev–Trinajstić information content (AvgIpc) is 2.79. The molecule has 0 unspecified atom stereocenters. The van der Waals surface area contributed by atoms with Crippen LogP contribution in [0.25, 0.3) is 11.2 Å². The number of halogens is 2. The van der Waals surface area contributed by atoms with Crippen LogP contribution in [0.3, 0.4) is 0 Å². The predicted octanol–water partition coefficient (Wildman–Crippen LogP) is 2.47. The minimum Gasteiger partial charge on any atom is -0.311 e. The van der Waals surface area contributed by atoms with Crippen molar-refractivity contribution in [2.75, 3.05) is 0 Å². The third-order valence-electron chi connectivity index (χ3n) is 2.80. The van der Waals surface area contributed by atoms with Crippen LogP contribution in [0.5, 0.6) is 0 Å². The van der Waals surface area contributed by atoms with Crippen LogP contribution in [-0.2, 0) is 6.54 Å². The minimum atomic E-state index is -0.269. The van der Waals surface area contributed by atoms with E-state index in [2.05, 4.69) is 15.0 Å². The molecule has 3 aromatic rings. The zero-order valence-electron chi connectivity index (χ0n) is 9.60. The van der Waals surface area contributed by atoms with E-state index in [1.807, 2.05) is 0 Å². The summed E-state index contributed by atoms with van der Waals surface area (Å²) < 4.78 is 1.73. The van der Waals surface area contributed by atoms with E-state index < -0.39 is 0 Å². The Kier molecular flexibility index (Phi) is 3.00. The van der Waals surface area contributed by atoms with Crippen LogP contribution in [0.1, 0.15) is 5.56 Å². The van der Waals surface area contributed by atoms with Gasteiger partial charge in [-0.3, -0.25) is 4.79 Å². The van der Waals surface area contributed by atoms with Gasteiger partial charge in [0, 0.05) is 15.6 Å². The van der Waals surface area contributed by atoms with E-state index >= 15 is 0 Å². The molecule has 7 heteroatoms. The lowest BCUT2D eigenvalue weighted by Gasteiger charge is -2.07. The Morgan fingerprint density at radius 3 is 2.68 bits per heavy atom. The molecule has 5 nitrogen and oxygen atoms in total. The van der Waals surface area contributed by atoms with Crippen LogP contribution in [0.15, 0.2) is 35.6 Å². The van der Waals surface area contributed by atoms with Crippen LogP contribution in [0.4, 0.5) is 0 Å². The number of aromatic amines is 1. The summed E-state index contributed by atoms with van der Waals surface area (Å²) in [4.78, 5) is 22.2. The highest BCUT2D eigenvalue weighted by molar-refractivity contribution is 6.35. The van der Waals surface area contributed by atoms with Gasteiger partial charge < -0.3 is 9.55 Å². The van der Waals surface area contributed by atoms with Gasteiger partial charge in [0.15, 0.2) is 11.2 Å². The Morgan fingerprint density at radius 1 is 1.21 bits per heavy atom. The van der Waals surface area contributed by atoms with Gasteiger partial charge in [0.1, 0.15) is 0 Å². The minimum absolute atomic E-state index is 0.269. The van der Waals surface area contributed by atoms with Crippen molar-refractivity contribution in [2.45, 2.75) is 6.54 Å². The van der Waals surface area contributed by atoms with Gasteiger partial charge >= 0.3 is 0 Å². The van der Waals surface area contributed by atoms with Gasteiger partial charge in [0.2, 0.25) is 0 Å². The highest BCUT2D eigenvalue weighted by atomic mass is 35.5. The summed E-state index contributed by atoms with van der Waals surface area (Å²) in [6, 6.07) is 5.31. The molecule has 0 atom stereocenters. The van der Waals surface area contributed by atoms with Crippen molar-refractivity contribution in [3.8, 4) is 0 Å². The van der Waals surface area contributed by atoms with E-state index in [-0.39, 0.29) is 5.56 Å². The van der Waals surface area contributed by atoms with Crippen LogP contribution in [0, 0.1) is 0 Å². The molecule has 19 heavy (non-hydrogen) atoms. The Morgan fingerprint density at radius 2 is 1.95 bits per heavy atom. The topological polar surface area (TPSA) is 63.6 Å². The molecule has 0 radical (unpaired) electrons. The molecule has 0 aliphatic rings. The molecule has 2 heterocycles. The van der Waals surface area contributed by atoms with E-state index in [1.165, 1.54) is 6.33 Å². The van der Waals surface area contributed by atoms with Crippen LogP contribution in [-0.4, -0.2) is 19.5 Å². The van der Waals surface area contributed by atoms with E-state index in [1.54, 1.807) is 29.1 Å². The van der Waals surface area contributed by atoms with Gasteiger partial charge in [0.25, 0.3) is 5.56 Å².